The van der Waals surface area contributed by atoms with Gasteiger partial charge in [-0.25, -0.2) is 9.59 Å². The molecule has 0 aliphatic rings. The molecule has 0 spiro atoms. The molecule has 0 aliphatic heterocycles. The Labute approximate surface area is 244 Å². The fourth-order valence-corrected chi connectivity index (χ4v) is 3.45. The Balaban J connectivity index is 3.06. The van der Waals surface area contributed by atoms with Gasteiger partial charge in [-0.2, -0.15) is 0 Å². The van der Waals surface area contributed by atoms with Crippen LogP contribution in [-0.4, -0.2) is 42.4 Å². The van der Waals surface area contributed by atoms with Gasteiger partial charge >= 0.3 is 24.1 Å². The van der Waals surface area contributed by atoms with Gasteiger partial charge in [-0.1, -0.05) is 59.4 Å². The van der Waals surface area contributed by atoms with Crippen molar-refractivity contribution in [3.05, 3.63) is 23.8 Å². The lowest BCUT2D eigenvalue weighted by Gasteiger charge is -2.28. The maximum Gasteiger partial charge on any atom is 0.508 e. The Morgan fingerprint density at radius 3 is 1.73 bits per heavy atom. The molecule has 0 saturated carbocycles. The van der Waals surface area contributed by atoms with Gasteiger partial charge in [0.15, 0.2) is 11.5 Å². The third-order valence-electron chi connectivity index (χ3n) is 6.84. The molecular weight excluding hydrogens is 530 g/mol. The molecule has 0 aromatic heterocycles. The number of hydrogen-bond acceptors (Lipinski definition) is 10. The van der Waals surface area contributed by atoms with E-state index >= 15 is 0 Å². The predicted molar refractivity (Wildman–Crippen MR) is 154 cm³/mol. The van der Waals surface area contributed by atoms with Gasteiger partial charge in [0.2, 0.25) is 0 Å². The van der Waals surface area contributed by atoms with Crippen LogP contribution in [0.1, 0.15) is 112 Å². The topological polar surface area (TPSA) is 140 Å². The summed E-state index contributed by atoms with van der Waals surface area (Å²) in [5, 5.41) is 0. The van der Waals surface area contributed by atoms with Crippen molar-refractivity contribution in [1.29, 1.82) is 0 Å². The van der Waals surface area contributed by atoms with Gasteiger partial charge in [0, 0.05) is 12.8 Å². The summed E-state index contributed by atoms with van der Waals surface area (Å²) in [4.78, 5) is 50.1. The highest BCUT2D eigenvalue weighted by Crippen LogP contribution is 2.33. The van der Waals surface area contributed by atoms with Crippen molar-refractivity contribution in [2.75, 3.05) is 0 Å². The largest absolute Gasteiger partial charge is 0.508 e. The number of carbonyl (C=O) groups is 4. The molecule has 0 saturated heterocycles. The smallest absolute Gasteiger partial charge is 0.457 e. The van der Waals surface area contributed by atoms with Gasteiger partial charge in [0.1, 0.15) is 23.9 Å². The highest BCUT2D eigenvalue weighted by atomic mass is 16.7. The molecule has 0 bridgehead atoms. The van der Waals surface area contributed by atoms with E-state index in [4.69, 9.17) is 29.4 Å². The lowest BCUT2D eigenvalue weighted by molar-refractivity contribution is -0.160. The molecule has 0 amide bonds. The van der Waals surface area contributed by atoms with E-state index in [1.165, 1.54) is 25.1 Å². The fourth-order valence-electron chi connectivity index (χ4n) is 3.45. The van der Waals surface area contributed by atoms with E-state index in [0.717, 1.165) is 25.7 Å². The Morgan fingerprint density at radius 1 is 0.732 bits per heavy atom. The van der Waals surface area contributed by atoms with E-state index in [9.17, 15) is 19.2 Å². The summed E-state index contributed by atoms with van der Waals surface area (Å²) in [7, 11) is 0. The number of carbonyl (C=O) groups excluding carboxylic acids is 4. The van der Waals surface area contributed by atoms with Crippen LogP contribution in [0.2, 0.25) is 0 Å². The van der Waals surface area contributed by atoms with Gasteiger partial charge in [-0.05, 0) is 64.2 Å². The first-order valence-corrected chi connectivity index (χ1v) is 14.7. The first-order chi connectivity index (χ1) is 19.2. The summed E-state index contributed by atoms with van der Waals surface area (Å²) < 4.78 is 27.0. The number of nitrogens with two attached hydrogens (primary N) is 1. The zero-order valence-electron chi connectivity index (χ0n) is 25.9. The van der Waals surface area contributed by atoms with Crippen molar-refractivity contribution in [3.63, 3.8) is 0 Å². The SMILES string of the molecule is CCCCCC(=O)Oc1ccc([C@](C)(N)C(=O)O[C@@H](C)[C@H](C)OC(=O)OC(C)C(C)C)cc1OC(=O)CCCCC. The molecule has 1 rings (SSSR count). The van der Waals surface area contributed by atoms with E-state index < -0.39 is 41.8 Å². The van der Waals surface area contributed by atoms with Crippen LogP contribution in [0.3, 0.4) is 0 Å². The molecule has 0 heterocycles. The van der Waals surface area contributed by atoms with Gasteiger partial charge in [0.25, 0.3) is 0 Å². The highest BCUT2D eigenvalue weighted by molar-refractivity contribution is 5.83. The third kappa shape index (κ3) is 12.5. The fraction of sp³-hybridized carbons (Fsp3) is 0.677. The summed E-state index contributed by atoms with van der Waals surface area (Å²) in [6, 6.07) is 4.36. The van der Waals surface area contributed by atoms with Crippen LogP contribution in [0, 0.1) is 5.92 Å². The second kappa shape index (κ2) is 17.6. The first-order valence-electron chi connectivity index (χ1n) is 14.7. The van der Waals surface area contributed by atoms with E-state index in [0.29, 0.717) is 12.8 Å². The van der Waals surface area contributed by atoms with Crippen molar-refractivity contribution in [3.8, 4) is 11.5 Å². The van der Waals surface area contributed by atoms with Crippen LogP contribution in [0.5, 0.6) is 11.5 Å². The van der Waals surface area contributed by atoms with Crippen LogP contribution in [-0.2, 0) is 34.1 Å². The van der Waals surface area contributed by atoms with Crippen LogP contribution in [0.4, 0.5) is 4.79 Å². The zero-order chi connectivity index (χ0) is 31.2. The van der Waals surface area contributed by atoms with Crippen molar-refractivity contribution in [2.24, 2.45) is 11.7 Å². The summed E-state index contributed by atoms with van der Waals surface area (Å²) in [6.07, 6.45) is 2.57. The van der Waals surface area contributed by atoms with Crippen LogP contribution < -0.4 is 15.2 Å². The van der Waals surface area contributed by atoms with E-state index in [1.807, 2.05) is 27.7 Å². The molecule has 41 heavy (non-hydrogen) atoms. The standard InChI is InChI=1S/C31H49NO9/c1-9-11-13-15-27(33)40-25-18-17-24(19-26(25)41-28(34)16-14-12-10-2)31(8,32)29(35)37-22(6)23(7)39-30(36)38-21(5)20(3)4/h17-23H,9-16,32H2,1-8H3/t21?,22-,23-,31-/m0/s1. The van der Waals surface area contributed by atoms with Gasteiger partial charge in [-0.15, -0.1) is 0 Å². The van der Waals surface area contributed by atoms with Gasteiger partial charge in [-0.3, -0.25) is 9.59 Å². The Morgan fingerprint density at radius 2 is 1.22 bits per heavy atom. The van der Waals surface area contributed by atoms with E-state index in [2.05, 4.69) is 0 Å². The number of benzene rings is 1. The molecule has 0 fully saturated rings. The van der Waals surface area contributed by atoms with Crippen molar-refractivity contribution >= 4 is 24.1 Å². The Bertz CT molecular complexity index is 1010. The number of unbranched alkanes of at least 4 members (excludes halogenated alkanes) is 4. The molecule has 4 atom stereocenters. The average molecular weight is 580 g/mol. The molecular formula is C31H49NO9. The second-order valence-corrected chi connectivity index (χ2v) is 11.0. The first kappa shape index (κ1) is 35.9. The minimum absolute atomic E-state index is 0.0101. The number of ether oxygens (including phenoxy) is 5. The molecule has 0 radical (unpaired) electrons. The lowest BCUT2D eigenvalue weighted by Crippen LogP contribution is -2.46. The number of rotatable bonds is 17. The molecule has 0 aliphatic carbocycles. The quantitative estimate of drug-likeness (QED) is 0.126. The highest BCUT2D eigenvalue weighted by Gasteiger charge is 2.36. The summed E-state index contributed by atoms with van der Waals surface area (Å²) in [5.74, 6) is -1.57. The Hall–Kier alpha value is -3.14. The lowest BCUT2D eigenvalue weighted by atomic mass is 9.93. The second-order valence-electron chi connectivity index (χ2n) is 11.0. The van der Waals surface area contributed by atoms with Crippen LogP contribution in [0.15, 0.2) is 18.2 Å². The molecule has 1 unspecified atom stereocenters. The van der Waals surface area contributed by atoms with Crippen molar-refractivity contribution in [2.45, 2.75) is 131 Å². The number of esters is 3. The molecule has 2 N–H and O–H groups in total. The Kier molecular flexibility index (Phi) is 15.4. The minimum Gasteiger partial charge on any atom is -0.457 e. The molecule has 1 aromatic rings. The molecule has 232 valence electrons. The molecule has 1 aromatic carbocycles. The normalized spacial score (nSPS) is 14.8. The van der Waals surface area contributed by atoms with Gasteiger partial charge in [0.05, 0.1) is 0 Å². The van der Waals surface area contributed by atoms with Gasteiger partial charge < -0.3 is 29.4 Å². The monoisotopic (exact) mass is 579 g/mol. The predicted octanol–water partition coefficient (Wildman–Crippen LogP) is 6.35. The summed E-state index contributed by atoms with van der Waals surface area (Å²) in [5.41, 5.74) is 5.01. The maximum atomic E-state index is 13.1. The maximum absolute atomic E-state index is 13.1. The van der Waals surface area contributed by atoms with E-state index in [-0.39, 0.29) is 41.9 Å². The van der Waals surface area contributed by atoms with Crippen molar-refractivity contribution in [1.82, 2.24) is 0 Å². The van der Waals surface area contributed by atoms with Crippen LogP contribution in [0.25, 0.3) is 0 Å². The summed E-state index contributed by atoms with van der Waals surface area (Å²) >= 11 is 0. The molecule has 10 heteroatoms. The van der Waals surface area contributed by atoms with Crippen LogP contribution >= 0.6 is 0 Å². The third-order valence-corrected chi connectivity index (χ3v) is 6.84. The summed E-state index contributed by atoms with van der Waals surface area (Å²) in [6.45, 7) is 14.2. The minimum atomic E-state index is -1.67. The molecule has 10 nitrogen and oxygen atoms in total. The average Bonchev–Trinajstić information content (AvgIpc) is 2.89. The van der Waals surface area contributed by atoms with Crippen molar-refractivity contribution < 1.29 is 42.9 Å². The van der Waals surface area contributed by atoms with E-state index in [1.54, 1.807) is 20.8 Å². The zero-order valence-corrected chi connectivity index (χ0v) is 25.9. The number of hydrogen-bond donors (Lipinski definition) is 1.